The number of piperidine rings is 2. The Morgan fingerprint density at radius 1 is 1.42 bits per heavy atom. The zero-order chi connectivity index (χ0) is 16.8. The molecule has 128 valence electrons. The third-order valence-electron chi connectivity index (χ3n) is 5.04. The lowest BCUT2D eigenvalue weighted by molar-refractivity contribution is -0.135. The molecule has 1 aromatic rings. The van der Waals surface area contributed by atoms with Crippen molar-refractivity contribution in [2.24, 2.45) is 0 Å². The van der Waals surface area contributed by atoms with Gasteiger partial charge in [0.15, 0.2) is 5.75 Å². The number of ether oxygens (including phenoxy) is 1. The van der Waals surface area contributed by atoms with E-state index in [0.29, 0.717) is 30.0 Å². The third-order valence-corrected chi connectivity index (χ3v) is 5.04. The van der Waals surface area contributed by atoms with Crippen LogP contribution in [0.25, 0.3) is 0 Å². The van der Waals surface area contributed by atoms with E-state index in [1.807, 2.05) is 6.92 Å². The Kier molecular flexibility index (Phi) is 3.60. The number of aliphatic carboxylic acids is 1. The van der Waals surface area contributed by atoms with Crippen LogP contribution in [0.5, 0.6) is 5.75 Å². The van der Waals surface area contributed by atoms with Crippen LogP contribution in [0.1, 0.15) is 19.8 Å². The van der Waals surface area contributed by atoms with E-state index in [2.05, 4.69) is 10.2 Å². The van der Waals surface area contributed by atoms with E-state index in [9.17, 15) is 9.18 Å². The Morgan fingerprint density at radius 3 is 2.83 bits per heavy atom. The van der Waals surface area contributed by atoms with E-state index in [-0.39, 0.29) is 17.3 Å². The first-order valence-corrected chi connectivity index (χ1v) is 8.30. The molecule has 1 aromatic carbocycles. The largest absolute Gasteiger partial charge is 0.475 e. The van der Waals surface area contributed by atoms with Crippen LogP contribution < -0.4 is 19.9 Å². The summed E-state index contributed by atoms with van der Waals surface area (Å²) in [6.45, 7) is 4.16. The smallest absolute Gasteiger partial charge is 0.373 e. The second kappa shape index (κ2) is 5.66. The van der Waals surface area contributed by atoms with Crippen molar-refractivity contribution >= 4 is 17.3 Å². The Balaban J connectivity index is 1.72. The Bertz CT molecular complexity index is 713. The van der Waals surface area contributed by atoms with Gasteiger partial charge in [0.2, 0.25) is 5.76 Å². The van der Waals surface area contributed by atoms with Gasteiger partial charge in [0.1, 0.15) is 5.82 Å². The van der Waals surface area contributed by atoms with E-state index in [4.69, 9.17) is 9.84 Å². The molecule has 5 rings (SSSR count). The molecule has 24 heavy (non-hydrogen) atoms. The minimum Gasteiger partial charge on any atom is -0.475 e. The van der Waals surface area contributed by atoms with Gasteiger partial charge in [-0.05, 0) is 25.8 Å². The molecule has 3 fully saturated rings. The number of piperazine rings is 1. The molecule has 2 unspecified atom stereocenters. The zero-order valence-corrected chi connectivity index (χ0v) is 13.5. The van der Waals surface area contributed by atoms with Crippen molar-refractivity contribution < 1.29 is 19.0 Å². The lowest BCUT2D eigenvalue weighted by Crippen LogP contribution is -2.61. The van der Waals surface area contributed by atoms with Crippen molar-refractivity contribution in [1.82, 2.24) is 5.32 Å². The number of carbonyl (C=O) groups is 1. The minimum atomic E-state index is -1.16. The molecular weight excluding hydrogens is 313 g/mol. The number of nitrogens with one attached hydrogen (secondary N) is 1. The first-order chi connectivity index (χ1) is 11.6. The molecule has 2 bridgehead atoms. The lowest BCUT2D eigenvalue weighted by atomic mass is 9.92. The van der Waals surface area contributed by atoms with Gasteiger partial charge in [-0.2, -0.15) is 0 Å². The molecule has 7 heteroatoms. The summed E-state index contributed by atoms with van der Waals surface area (Å²) in [6, 6.07) is 3.79. The number of carboxylic acids is 1. The van der Waals surface area contributed by atoms with Crippen LogP contribution in [0.4, 0.5) is 15.8 Å². The van der Waals surface area contributed by atoms with Gasteiger partial charge >= 0.3 is 5.97 Å². The summed E-state index contributed by atoms with van der Waals surface area (Å²) >= 11 is 0. The van der Waals surface area contributed by atoms with Gasteiger partial charge in [-0.3, -0.25) is 0 Å². The standard InChI is InChI=1S/C17H20FN3O3/c1-2-20-9-16(17(22)23)24-15-5-12(18)13(6-14(15)20)21-8-10-3-4-11(21)7-19-10/h5-6,9-11,19H,2-4,7-8H2,1H3,(H,22,23). The molecule has 4 aliphatic heterocycles. The summed E-state index contributed by atoms with van der Waals surface area (Å²) in [5.74, 6) is -1.48. The maximum atomic E-state index is 14.7. The first-order valence-electron chi connectivity index (χ1n) is 8.30. The zero-order valence-electron chi connectivity index (χ0n) is 13.5. The second-order valence-electron chi connectivity index (χ2n) is 6.45. The molecular formula is C17H20FN3O3. The number of anilines is 2. The van der Waals surface area contributed by atoms with E-state index in [1.54, 1.807) is 11.0 Å². The number of fused-ring (bicyclic) bond motifs is 4. The summed E-state index contributed by atoms with van der Waals surface area (Å²) in [4.78, 5) is 15.1. The molecule has 0 saturated carbocycles. The fraction of sp³-hybridized carbons (Fsp3) is 0.471. The molecule has 0 amide bonds. The number of halogens is 1. The predicted molar refractivity (Wildman–Crippen MR) is 87.9 cm³/mol. The van der Waals surface area contributed by atoms with Crippen LogP contribution in [-0.2, 0) is 4.79 Å². The number of nitrogens with zero attached hydrogens (tertiary/aromatic N) is 2. The van der Waals surface area contributed by atoms with Gasteiger partial charge in [0, 0.05) is 37.8 Å². The Morgan fingerprint density at radius 2 is 2.25 bits per heavy atom. The van der Waals surface area contributed by atoms with Gasteiger partial charge < -0.3 is 25.0 Å². The van der Waals surface area contributed by atoms with Crippen LogP contribution in [0.3, 0.4) is 0 Å². The quantitative estimate of drug-likeness (QED) is 0.881. The number of hydrogen-bond donors (Lipinski definition) is 2. The van der Waals surface area contributed by atoms with Gasteiger partial charge in [-0.15, -0.1) is 0 Å². The second-order valence-corrected chi connectivity index (χ2v) is 6.45. The first kappa shape index (κ1) is 15.3. The summed E-state index contributed by atoms with van der Waals surface area (Å²) in [7, 11) is 0. The molecule has 2 N–H and O–H groups in total. The topological polar surface area (TPSA) is 65.0 Å². The van der Waals surface area contributed by atoms with E-state index in [1.165, 1.54) is 12.3 Å². The molecule has 0 aliphatic carbocycles. The number of hydrogen-bond acceptors (Lipinski definition) is 5. The van der Waals surface area contributed by atoms with Crippen LogP contribution >= 0.6 is 0 Å². The van der Waals surface area contributed by atoms with Crippen molar-refractivity contribution in [3.8, 4) is 5.75 Å². The van der Waals surface area contributed by atoms with Crippen molar-refractivity contribution in [3.05, 3.63) is 29.9 Å². The van der Waals surface area contributed by atoms with Crippen molar-refractivity contribution in [3.63, 3.8) is 0 Å². The van der Waals surface area contributed by atoms with Crippen molar-refractivity contribution in [2.45, 2.75) is 31.8 Å². The molecule has 4 aliphatic rings. The Labute approximate surface area is 139 Å². The fourth-order valence-corrected chi connectivity index (χ4v) is 3.78. The lowest BCUT2D eigenvalue weighted by Gasteiger charge is -2.47. The number of carboxylic acid groups (broad SMARTS) is 1. The highest BCUT2D eigenvalue weighted by atomic mass is 19.1. The molecule has 0 spiro atoms. The Hall–Kier alpha value is -2.28. The predicted octanol–water partition coefficient (Wildman–Crippen LogP) is 1.91. The normalized spacial score (nSPS) is 25.2. The maximum absolute atomic E-state index is 14.7. The van der Waals surface area contributed by atoms with E-state index >= 15 is 0 Å². The average molecular weight is 333 g/mol. The van der Waals surface area contributed by atoms with Gasteiger partial charge in [-0.25, -0.2) is 9.18 Å². The summed E-state index contributed by atoms with van der Waals surface area (Å²) in [5.41, 5.74) is 1.27. The molecule has 0 radical (unpaired) electrons. The molecule has 2 atom stereocenters. The maximum Gasteiger partial charge on any atom is 0.373 e. The molecule has 3 saturated heterocycles. The van der Waals surface area contributed by atoms with Crippen LogP contribution in [0.2, 0.25) is 0 Å². The monoisotopic (exact) mass is 333 g/mol. The van der Waals surface area contributed by atoms with Crippen molar-refractivity contribution in [2.75, 3.05) is 29.4 Å². The fourth-order valence-electron chi connectivity index (χ4n) is 3.78. The highest BCUT2D eigenvalue weighted by Crippen LogP contribution is 2.41. The number of benzene rings is 1. The van der Waals surface area contributed by atoms with E-state index < -0.39 is 5.97 Å². The average Bonchev–Trinajstić information content (AvgIpc) is 2.60. The highest BCUT2D eigenvalue weighted by Gasteiger charge is 2.35. The molecule has 6 nitrogen and oxygen atoms in total. The van der Waals surface area contributed by atoms with Crippen molar-refractivity contribution in [1.29, 1.82) is 0 Å². The van der Waals surface area contributed by atoms with Crippen LogP contribution in [0, 0.1) is 5.82 Å². The van der Waals surface area contributed by atoms with Crippen LogP contribution in [0.15, 0.2) is 24.1 Å². The summed E-state index contributed by atoms with van der Waals surface area (Å²) in [6.07, 6.45) is 3.64. The van der Waals surface area contributed by atoms with Crippen LogP contribution in [-0.4, -0.2) is 42.8 Å². The highest BCUT2D eigenvalue weighted by molar-refractivity contribution is 5.87. The number of rotatable bonds is 3. The van der Waals surface area contributed by atoms with Gasteiger partial charge in [-0.1, -0.05) is 0 Å². The van der Waals surface area contributed by atoms with Gasteiger partial charge in [0.05, 0.1) is 17.6 Å². The SMILES string of the molecule is CCN1C=C(C(=O)O)Oc2cc(F)c(N3CC4CCC3CN4)cc21. The van der Waals surface area contributed by atoms with Gasteiger partial charge in [0.25, 0.3) is 0 Å². The third kappa shape index (κ3) is 2.39. The molecule has 4 heterocycles. The minimum absolute atomic E-state index is 0.197. The summed E-state index contributed by atoms with van der Waals surface area (Å²) < 4.78 is 20.1. The summed E-state index contributed by atoms with van der Waals surface area (Å²) in [5, 5.41) is 12.6. The molecule has 0 aromatic heterocycles. The van der Waals surface area contributed by atoms with E-state index in [0.717, 1.165) is 25.9 Å².